The van der Waals surface area contributed by atoms with Crippen molar-refractivity contribution in [1.29, 1.82) is 0 Å². The predicted octanol–water partition coefficient (Wildman–Crippen LogP) is 3.25. The molecule has 0 atom stereocenters. The van der Waals surface area contributed by atoms with Gasteiger partial charge < -0.3 is 13.8 Å². The molecular formula is C16H13BrN4O4S. The van der Waals surface area contributed by atoms with E-state index in [9.17, 15) is 9.59 Å². The molecule has 0 aromatic carbocycles. The molecule has 3 aromatic heterocycles. The number of fused-ring (bicyclic) bond motifs is 1. The minimum absolute atomic E-state index is 0.168. The maximum Gasteiger partial charge on any atom is 0.289 e. The lowest BCUT2D eigenvalue weighted by Crippen LogP contribution is -2.35. The standard InChI is InChI=1S/C16H13BrN4O4S/c1-8-6-10(20-25-8)14(22)19-16-18-9-4-5-21(7-12(9)26-16)15(23)11-2-3-13(17)24-11/h2-3,6H,4-5,7H2,1H3,(H,18,19,22). The van der Waals surface area contributed by atoms with Crippen molar-refractivity contribution in [3.63, 3.8) is 0 Å². The Balaban J connectivity index is 1.47. The van der Waals surface area contributed by atoms with E-state index in [-0.39, 0.29) is 17.5 Å². The van der Waals surface area contributed by atoms with Crippen LogP contribution in [0.1, 0.15) is 37.4 Å². The number of hydrogen-bond acceptors (Lipinski definition) is 7. The monoisotopic (exact) mass is 436 g/mol. The highest BCUT2D eigenvalue weighted by atomic mass is 79.9. The van der Waals surface area contributed by atoms with E-state index in [0.29, 0.717) is 40.8 Å². The number of carbonyl (C=O) groups is 2. The van der Waals surface area contributed by atoms with Crippen LogP contribution in [-0.2, 0) is 13.0 Å². The van der Waals surface area contributed by atoms with Gasteiger partial charge in [-0.1, -0.05) is 16.5 Å². The topological polar surface area (TPSA) is 101 Å². The molecule has 1 aliphatic heterocycles. The van der Waals surface area contributed by atoms with Gasteiger partial charge in [-0.3, -0.25) is 14.9 Å². The van der Waals surface area contributed by atoms with E-state index in [4.69, 9.17) is 8.94 Å². The Morgan fingerprint density at radius 2 is 2.23 bits per heavy atom. The Hall–Kier alpha value is -2.46. The van der Waals surface area contributed by atoms with Gasteiger partial charge in [-0.15, -0.1) is 0 Å². The van der Waals surface area contributed by atoms with Gasteiger partial charge in [0.25, 0.3) is 11.8 Å². The zero-order chi connectivity index (χ0) is 18.3. The van der Waals surface area contributed by atoms with Crippen LogP contribution in [0.4, 0.5) is 5.13 Å². The number of rotatable bonds is 3. The van der Waals surface area contributed by atoms with E-state index in [1.807, 2.05) is 0 Å². The van der Waals surface area contributed by atoms with E-state index in [2.05, 4.69) is 31.4 Å². The highest BCUT2D eigenvalue weighted by Gasteiger charge is 2.27. The van der Waals surface area contributed by atoms with Gasteiger partial charge in [-0.05, 0) is 35.0 Å². The quantitative estimate of drug-likeness (QED) is 0.675. The number of nitrogens with one attached hydrogen (secondary N) is 1. The first-order valence-corrected chi connectivity index (χ1v) is 9.38. The van der Waals surface area contributed by atoms with Crippen molar-refractivity contribution in [2.75, 3.05) is 11.9 Å². The first-order chi connectivity index (χ1) is 12.5. The number of furan rings is 1. The maximum absolute atomic E-state index is 12.5. The second-order valence-electron chi connectivity index (χ2n) is 5.75. The molecule has 0 saturated heterocycles. The number of halogens is 1. The fourth-order valence-electron chi connectivity index (χ4n) is 2.64. The molecule has 10 heteroatoms. The fraction of sp³-hybridized carbons (Fsp3) is 0.250. The number of carbonyl (C=O) groups excluding carboxylic acids is 2. The number of hydrogen-bond donors (Lipinski definition) is 1. The lowest BCUT2D eigenvalue weighted by atomic mass is 10.1. The Morgan fingerprint density at radius 1 is 1.38 bits per heavy atom. The molecule has 2 amide bonds. The second-order valence-corrected chi connectivity index (χ2v) is 7.61. The first-order valence-electron chi connectivity index (χ1n) is 7.77. The zero-order valence-corrected chi connectivity index (χ0v) is 16.0. The summed E-state index contributed by atoms with van der Waals surface area (Å²) < 4.78 is 10.8. The van der Waals surface area contributed by atoms with E-state index in [1.54, 1.807) is 30.0 Å². The number of thiazole rings is 1. The third-order valence-electron chi connectivity index (χ3n) is 3.88. The van der Waals surface area contributed by atoms with Crippen molar-refractivity contribution in [2.45, 2.75) is 19.9 Å². The summed E-state index contributed by atoms with van der Waals surface area (Å²) in [5.41, 5.74) is 1.10. The van der Waals surface area contributed by atoms with Gasteiger partial charge >= 0.3 is 0 Å². The number of aryl methyl sites for hydroxylation is 1. The van der Waals surface area contributed by atoms with Gasteiger partial charge in [0.1, 0.15) is 5.76 Å². The van der Waals surface area contributed by atoms with Crippen molar-refractivity contribution in [1.82, 2.24) is 15.0 Å². The number of nitrogens with zero attached hydrogens (tertiary/aromatic N) is 3. The van der Waals surface area contributed by atoms with Crippen LogP contribution in [0.25, 0.3) is 0 Å². The van der Waals surface area contributed by atoms with Crippen LogP contribution in [0.15, 0.2) is 31.8 Å². The number of aromatic nitrogens is 2. The second kappa shape index (κ2) is 6.69. The van der Waals surface area contributed by atoms with Gasteiger partial charge in [0.15, 0.2) is 21.3 Å². The van der Waals surface area contributed by atoms with Gasteiger partial charge in [-0.2, -0.15) is 0 Å². The minimum atomic E-state index is -0.374. The molecule has 0 bridgehead atoms. The summed E-state index contributed by atoms with van der Waals surface area (Å²) in [5, 5.41) is 6.90. The van der Waals surface area contributed by atoms with E-state index < -0.39 is 0 Å². The van der Waals surface area contributed by atoms with Gasteiger partial charge in [-0.25, -0.2) is 4.98 Å². The fourth-order valence-corrected chi connectivity index (χ4v) is 3.97. The lowest BCUT2D eigenvalue weighted by Gasteiger charge is -2.25. The highest BCUT2D eigenvalue weighted by Crippen LogP contribution is 2.29. The molecule has 26 heavy (non-hydrogen) atoms. The number of anilines is 1. The van der Waals surface area contributed by atoms with Crippen LogP contribution in [0.3, 0.4) is 0 Å². The van der Waals surface area contributed by atoms with Crippen molar-refractivity contribution in [3.8, 4) is 0 Å². The van der Waals surface area contributed by atoms with Crippen molar-refractivity contribution < 1.29 is 18.5 Å². The molecule has 0 aliphatic carbocycles. The number of amides is 2. The summed E-state index contributed by atoms with van der Waals surface area (Å²) in [7, 11) is 0. The molecular weight excluding hydrogens is 424 g/mol. The van der Waals surface area contributed by atoms with Crippen LogP contribution in [0.5, 0.6) is 0 Å². The molecule has 3 aromatic rings. The molecule has 134 valence electrons. The van der Waals surface area contributed by atoms with Gasteiger partial charge in [0, 0.05) is 23.9 Å². The van der Waals surface area contributed by atoms with Crippen molar-refractivity contribution in [2.24, 2.45) is 0 Å². The average molecular weight is 437 g/mol. The third-order valence-corrected chi connectivity index (χ3v) is 5.31. The summed E-state index contributed by atoms with van der Waals surface area (Å²) in [6.07, 6.45) is 0.623. The Labute approximate surface area is 160 Å². The summed E-state index contributed by atoms with van der Waals surface area (Å²) in [5.74, 6) is 0.312. The molecule has 4 heterocycles. The Bertz CT molecular complexity index is 992. The minimum Gasteiger partial charge on any atom is -0.444 e. The normalized spacial score (nSPS) is 13.5. The van der Waals surface area contributed by atoms with Crippen LogP contribution in [-0.4, -0.2) is 33.4 Å². The lowest BCUT2D eigenvalue weighted by molar-refractivity contribution is 0.0702. The average Bonchev–Trinajstić information content (AvgIpc) is 3.32. The molecule has 0 saturated carbocycles. The molecule has 0 spiro atoms. The molecule has 1 N–H and O–H groups in total. The molecule has 8 nitrogen and oxygen atoms in total. The Morgan fingerprint density at radius 3 is 2.92 bits per heavy atom. The molecule has 0 fully saturated rings. The smallest absolute Gasteiger partial charge is 0.289 e. The van der Waals surface area contributed by atoms with Crippen molar-refractivity contribution in [3.05, 3.63) is 50.7 Å². The van der Waals surface area contributed by atoms with E-state index in [1.165, 1.54) is 11.3 Å². The van der Waals surface area contributed by atoms with Crippen LogP contribution in [0, 0.1) is 6.92 Å². The predicted molar refractivity (Wildman–Crippen MR) is 96.2 cm³/mol. The maximum atomic E-state index is 12.5. The summed E-state index contributed by atoms with van der Waals surface area (Å²) >= 11 is 4.55. The first kappa shape index (κ1) is 17.0. The molecule has 0 unspecified atom stereocenters. The Kier molecular flexibility index (Phi) is 4.37. The molecule has 4 rings (SSSR count). The summed E-state index contributed by atoms with van der Waals surface area (Å²) in [6.45, 7) is 2.70. The van der Waals surface area contributed by atoms with E-state index in [0.717, 1.165) is 10.6 Å². The highest BCUT2D eigenvalue weighted by molar-refractivity contribution is 9.10. The van der Waals surface area contributed by atoms with Crippen molar-refractivity contribution >= 4 is 44.2 Å². The molecule has 1 aliphatic rings. The largest absolute Gasteiger partial charge is 0.444 e. The summed E-state index contributed by atoms with van der Waals surface area (Å²) in [4.78, 5) is 31.8. The van der Waals surface area contributed by atoms with E-state index >= 15 is 0 Å². The van der Waals surface area contributed by atoms with Crippen LogP contribution in [0.2, 0.25) is 0 Å². The SMILES string of the molecule is Cc1cc(C(=O)Nc2nc3c(s2)CN(C(=O)c2ccc(Br)o2)CC3)no1. The van der Waals surface area contributed by atoms with Gasteiger partial charge in [0.05, 0.1) is 12.2 Å². The molecule has 0 radical (unpaired) electrons. The van der Waals surface area contributed by atoms with Crippen LogP contribution >= 0.6 is 27.3 Å². The third kappa shape index (κ3) is 3.29. The summed E-state index contributed by atoms with van der Waals surface area (Å²) in [6, 6.07) is 4.89. The zero-order valence-electron chi connectivity index (χ0n) is 13.6. The van der Waals surface area contributed by atoms with Crippen LogP contribution < -0.4 is 5.32 Å². The van der Waals surface area contributed by atoms with Gasteiger partial charge in [0.2, 0.25) is 0 Å².